The maximum absolute atomic E-state index is 12.5. The summed E-state index contributed by atoms with van der Waals surface area (Å²) < 4.78 is 5.00. The molecule has 3 atom stereocenters. The lowest BCUT2D eigenvalue weighted by Gasteiger charge is -2.19. The number of carbonyl (C=O) groups is 2. The summed E-state index contributed by atoms with van der Waals surface area (Å²) in [5.74, 6) is 1.46. The van der Waals surface area contributed by atoms with E-state index in [1.54, 1.807) is 11.8 Å². The Kier molecular flexibility index (Phi) is 8.28. The minimum atomic E-state index is -0.531. The maximum Gasteiger partial charge on any atom is 0.252 e. The van der Waals surface area contributed by atoms with Gasteiger partial charge in [-0.3, -0.25) is 9.59 Å². The highest BCUT2D eigenvalue weighted by molar-refractivity contribution is 7.99. The molecule has 1 heterocycles. The van der Waals surface area contributed by atoms with Gasteiger partial charge in [-0.25, -0.2) is 0 Å². The third-order valence-corrected chi connectivity index (χ3v) is 5.29. The smallest absolute Gasteiger partial charge is 0.252 e. The molecule has 1 aliphatic heterocycles. The van der Waals surface area contributed by atoms with Gasteiger partial charge < -0.3 is 15.4 Å². The van der Waals surface area contributed by atoms with Crippen LogP contribution >= 0.6 is 11.8 Å². The van der Waals surface area contributed by atoms with Crippen molar-refractivity contribution in [3.8, 4) is 0 Å². The molecule has 25 heavy (non-hydrogen) atoms. The number of epoxide rings is 1. The van der Waals surface area contributed by atoms with Gasteiger partial charge in [0.1, 0.15) is 6.04 Å². The second-order valence-corrected chi connectivity index (χ2v) is 7.49. The zero-order chi connectivity index (χ0) is 18.1. The summed E-state index contributed by atoms with van der Waals surface area (Å²) in [6.07, 6.45) is 12.1. The van der Waals surface area contributed by atoms with Gasteiger partial charge in [0.25, 0.3) is 5.91 Å². The summed E-state index contributed by atoms with van der Waals surface area (Å²) in [6.45, 7) is 5.27. The quantitative estimate of drug-likeness (QED) is 0.583. The first-order chi connectivity index (χ1) is 12.1. The van der Waals surface area contributed by atoms with Crippen molar-refractivity contribution >= 4 is 23.6 Å². The zero-order valence-corrected chi connectivity index (χ0v) is 15.8. The van der Waals surface area contributed by atoms with Gasteiger partial charge in [0.2, 0.25) is 5.91 Å². The lowest BCUT2D eigenvalue weighted by molar-refractivity contribution is -0.129. The molecule has 2 N–H and O–H groups in total. The average molecular weight is 365 g/mol. The van der Waals surface area contributed by atoms with E-state index in [1.807, 2.05) is 0 Å². The Hall–Kier alpha value is -1.53. The van der Waals surface area contributed by atoms with Crippen molar-refractivity contribution < 1.29 is 14.3 Å². The van der Waals surface area contributed by atoms with Crippen LogP contribution in [0.4, 0.5) is 0 Å². The minimum absolute atomic E-state index is 0.118. The van der Waals surface area contributed by atoms with Gasteiger partial charge in [-0.05, 0) is 17.9 Å². The Morgan fingerprint density at radius 1 is 1.40 bits per heavy atom. The first-order valence-corrected chi connectivity index (χ1v) is 10.0. The summed E-state index contributed by atoms with van der Waals surface area (Å²) in [5.41, 5.74) is 1.22. The molecule has 1 saturated heterocycles. The molecule has 1 unspecified atom stereocenters. The van der Waals surface area contributed by atoms with Gasteiger partial charge in [0.05, 0.1) is 6.61 Å². The Bertz CT molecular complexity index is 553. The molecule has 0 bridgehead atoms. The van der Waals surface area contributed by atoms with Gasteiger partial charge in [-0.2, -0.15) is 11.8 Å². The fraction of sp³-hybridized carbons (Fsp3) is 0.579. The van der Waals surface area contributed by atoms with Crippen LogP contribution in [0.15, 0.2) is 36.0 Å². The summed E-state index contributed by atoms with van der Waals surface area (Å²) in [6, 6.07) is -0.531. The Morgan fingerprint density at radius 3 is 2.92 bits per heavy atom. The van der Waals surface area contributed by atoms with Crippen molar-refractivity contribution in [1.82, 2.24) is 10.6 Å². The average Bonchev–Trinajstić information content (AvgIpc) is 3.45. The number of hydrogen-bond donors (Lipinski definition) is 2. The number of hydrogen-bond acceptors (Lipinski definition) is 4. The summed E-state index contributed by atoms with van der Waals surface area (Å²) in [4.78, 5) is 24.4. The molecule has 0 aromatic heterocycles. The molecule has 0 spiro atoms. The number of ether oxygens (including phenoxy) is 1. The molecule has 2 aliphatic rings. The van der Waals surface area contributed by atoms with E-state index in [9.17, 15) is 9.59 Å². The van der Waals surface area contributed by atoms with E-state index in [2.05, 4.69) is 54.9 Å². The number of rotatable bonds is 10. The Labute approximate surface area is 154 Å². The minimum Gasteiger partial charge on any atom is -0.363 e. The van der Waals surface area contributed by atoms with E-state index in [0.717, 1.165) is 18.6 Å². The van der Waals surface area contributed by atoms with Crippen LogP contribution in [-0.2, 0) is 14.3 Å². The molecule has 138 valence electrons. The van der Waals surface area contributed by atoms with Gasteiger partial charge in [0, 0.05) is 18.1 Å². The van der Waals surface area contributed by atoms with Crippen LogP contribution in [0, 0.1) is 5.92 Å². The third-order valence-electron chi connectivity index (χ3n) is 4.18. The molecule has 2 rings (SSSR count). The van der Waals surface area contributed by atoms with Crippen molar-refractivity contribution in [3.63, 3.8) is 0 Å². The van der Waals surface area contributed by atoms with Crippen LogP contribution in [-0.4, -0.2) is 48.6 Å². The highest BCUT2D eigenvalue weighted by Gasteiger charge is 2.34. The van der Waals surface area contributed by atoms with Crippen molar-refractivity contribution in [1.29, 1.82) is 0 Å². The summed E-state index contributed by atoms with van der Waals surface area (Å²) >= 11 is 1.65. The number of nitrogens with one attached hydrogen (secondary N) is 2. The highest BCUT2D eigenvalue weighted by Crippen LogP contribution is 2.15. The lowest BCUT2D eigenvalue weighted by atomic mass is 10.1. The molecular weight excluding hydrogens is 336 g/mol. The molecule has 1 fully saturated rings. The normalized spacial score (nSPS) is 21.0. The second-order valence-electron chi connectivity index (χ2n) is 6.46. The fourth-order valence-corrected chi connectivity index (χ4v) is 3.22. The summed E-state index contributed by atoms with van der Waals surface area (Å²) in [7, 11) is 0. The molecule has 2 amide bonds. The number of carbonyl (C=O) groups excluding carboxylic acids is 2. The van der Waals surface area contributed by atoms with E-state index < -0.39 is 6.04 Å². The number of thioether (sulfide) groups is 1. The van der Waals surface area contributed by atoms with Gasteiger partial charge in [-0.1, -0.05) is 50.6 Å². The second kappa shape index (κ2) is 10.5. The number of amides is 2. The van der Waals surface area contributed by atoms with E-state index in [-0.39, 0.29) is 17.9 Å². The molecule has 6 heteroatoms. The molecule has 0 radical (unpaired) electrons. The lowest BCUT2D eigenvalue weighted by Crippen LogP contribution is -2.50. The van der Waals surface area contributed by atoms with Crippen LogP contribution in [0.2, 0.25) is 0 Å². The van der Waals surface area contributed by atoms with E-state index in [4.69, 9.17) is 4.74 Å². The first-order valence-electron chi connectivity index (χ1n) is 8.89. The standard InChI is InChI=1S/C19H28N2O3S/c1-3-14(2)10-20-18(22)16(21-19(23)17-11-24-17)13-25-12-15-8-6-4-5-7-9-15/h4,6-9,14,16-17H,3,5,10-13H2,1-2H3,(H,20,22)(H,21,23)/t14?,16-,17-/m0/s1. The monoisotopic (exact) mass is 364 g/mol. The molecule has 0 aromatic carbocycles. The van der Waals surface area contributed by atoms with Crippen LogP contribution in [0.3, 0.4) is 0 Å². The highest BCUT2D eigenvalue weighted by atomic mass is 32.2. The van der Waals surface area contributed by atoms with Gasteiger partial charge in [-0.15, -0.1) is 0 Å². The maximum atomic E-state index is 12.5. The van der Waals surface area contributed by atoms with Crippen molar-refractivity contribution in [2.45, 2.75) is 38.8 Å². The van der Waals surface area contributed by atoms with Crippen LogP contribution in [0.25, 0.3) is 0 Å². The molecule has 1 aliphatic carbocycles. The third kappa shape index (κ3) is 7.48. The van der Waals surface area contributed by atoms with E-state index >= 15 is 0 Å². The molecule has 5 nitrogen and oxygen atoms in total. The predicted molar refractivity (Wildman–Crippen MR) is 102 cm³/mol. The van der Waals surface area contributed by atoms with Crippen LogP contribution < -0.4 is 10.6 Å². The molecular formula is C19H28N2O3S. The van der Waals surface area contributed by atoms with Crippen LogP contribution in [0.5, 0.6) is 0 Å². The van der Waals surface area contributed by atoms with Crippen molar-refractivity contribution in [3.05, 3.63) is 36.0 Å². The summed E-state index contributed by atoms with van der Waals surface area (Å²) in [5, 5.41) is 5.77. The van der Waals surface area contributed by atoms with E-state index in [1.165, 1.54) is 5.57 Å². The Morgan fingerprint density at radius 2 is 2.20 bits per heavy atom. The van der Waals surface area contributed by atoms with Gasteiger partial charge in [0.15, 0.2) is 6.10 Å². The van der Waals surface area contributed by atoms with Crippen molar-refractivity contribution in [2.75, 3.05) is 24.7 Å². The van der Waals surface area contributed by atoms with E-state index in [0.29, 0.717) is 24.8 Å². The fourth-order valence-electron chi connectivity index (χ4n) is 2.20. The predicted octanol–water partition coefficient (Wildman–Crippen LogP) is 2.21. The zero-order valence-electron chi connectivity index (χ0n) is 15.0. The van der Waals surface area contributed by atoms with Gasteiger partial charge >= 0.3 is 0 Å². The largest absolute Gasteiger partial charge is 0.363 e. The molecule has 0 saturated carbocycles. The molecule has 0 aromatic rings. The topological polar surface area (TPSA) is 70.7 Å². The van der Waals surface area contributed by atoms with Crippen molar-refractivity contribution in [2.24, 2.45) is 5.92 Å². The SMILES string of the molecule is CCC(C)CNC(=O)[C@H](CSCC1=CC=CCC=C1)NC(=O)[C@@H]1CO1. The first kappa shape index (κ1) is 19.8. The Balaban J connectivity index is 1.84. The van der Waals surface area contributed by atoms with Crippen LogP contribution in [0.1, 0.15) is 26.7 Å². The number of allylic oxidation sites excluding steroid dienone is 5.